The smallest absolute Gasteiger partial charge is 0.0449 e. The van der Waals surface area contributed by atoms with Crippen molar-refractivity contribution in [2.75, 3.05) is 0 Å². The Bertz CT molecular complexity index is 531. The molecular formula is C15H16BrClN2. The topological polar surface area (TPSA) is 38.0 Å². The van der Waals surface area contributed by atoms with Crippen LogP contribution in [0.15, 0.2) is 53.0 Å². The third-order valence-electron chi connectivity index (χ3n) is 3.04. The highest BCUT2D eigenvalue weighted by Gasteiger charge is 2.11. The van der Waals surface area contributed by atoms with Gasteiger partial charge in [0, 0.05) is 15.5 Å². The van der Waals surface area contributed by atoms with Crippen LogP contribution in [-0.2, 0) is 12.8 Å². The fourth-order valence-electron chi connectivity index (χ4n) is 2.04. The van der Waals surface area contributed by atoms with Crippen molar-refractivity contribution in [3.63, 3.8) is 0 Å². The lowest BCUT2D eigenvalue weighted by atomic mass is 9.99. The van der Waals surface area contributed by atoms with Crippen molar-refractivity contribution in [3.05, 3.63) is 69.2 Å². The lowest BCUT2D eigenvalue weighted by Crippen LogP contribution is -2.38. The Morgan fingerprint density at radius 3 is 2.47 bits per heavy atom. The summed E-state index contributed by atoms with van der Waals surface area (Å²) in [5.74, 6) is 5.65. The summed E-state index contributed by atoms with van der Waals surface area (Å²) in [4.78, 5) is 0. The molecule has 1 unspecified atom stereocenters. The molecule has 100 valence electrons. The molecule has 2 nitrogen and oxygen atoms in total. The van der Waals surface area contributed by atoms with Crippen LogP contribution in [0.2, 0.25) is 5.02 Å². The Morgan fingerprint density at radius 2 is 1.84 bits per heavy atom. The number of halogens is 2. The van der Waals surface area contributed by atoms with E-state index in [4.69, 9.17) is 17.4 Å². The van der Waals surface area contributed by atoms with Crippen molar-refractivity contribution < 1.29 is 0 Å². The van der Waals surface area contributed by atoms with Crippen LogP contribution in [0.25, 0.3) is 0 Å². The molecule has 3 N–H and O–H groups in total. The van der Waals surface area contributed by atoms with Gasteiger partial charge < -0.3 is 0 Å². The van der Waals surface area contributed by atoms with Gasteiger partial charge in [0.25, 0.3) is 0 Å². The van der Waals surface area contributed by atoms with Crippen LogP contribution >= 0.6 is 27.5 Å². The van der Waals surface area contributed by atoms with E-state index in [-0.39, 0.29) is 6.04 Å². The molecule has 0 saturated heterocycles. The molecule has 0 aliphatic heterocycles. The van der Waals surface area contributed by atoms with Gasteiger partial charge in [-0.1, -0.05) is 63.9 Å². The predicted molar refractivity (Wildman–Crippen MR) is 84.1 cm³/mol. The van der Waals surface area contributed by atoms with Crippen LogP contribution in [0.5, 0.6) is 0 Å². The minimum atomic E-state index is 0.168. The molecule has 2 aromatic carbocycles. The van der Waals surface area contributed by atoms with Gasteiger partial charge in [0.15, 0.2) is 0 Å². The third kappa shape index (κ3) is 4.32. The first-order valence-electron chi connectivity index (χ1n) is 6.13. The second-order valence-corrected chi connectivity index (χ2v) is 5.82. The third-order valence-corrected chi connectivity index (χ3v) is 3.89. The molecule has 1 atom stereocenters. The normalized spacial score (nSPS) is 12.4. The summed E-state index contributed by atoms with van der Waals surface area (Å²) in [7, 11) is 0. The zero-order valence-electron chi connectivity index (χ0n) is 10.4. The van der Waals surface area contributed by atoms with Gasteiger partial charge in [0.2, 0.25) is 0 Å². The van der Waals surface area contributed by atoms with Crippen molar-refractivity contribution in [2.24, 2.45) is 5.84 Å². The number of rotatable bonds is 5. The highest BCUT2D eigenvalue weighted by Crippen LogP contribution is 2.23. The second-order valence-electron chi connectivity index (χ2n) is 4.49. The largest absolute Gasteiger partial charge is 0.271 e. The number of hydrogen-bond donors (Lipinski definition) is 2. The maximum absolute atomic E-state index is 6.23. The van der Waals surface area contributed by atoms with Gasteiger partial charge in [-0.25, -0.2) is 0 Å². The summed E-state index contributed by atoms with van der Waals surface area (Å²) in [6, 6.07) is 16.4. The van der Waals surface area contributed by atoms with Gasteiger partial charge in [-0.15, -0.1) is 0 Å². The standard InChI is InChI=1S/C15H16BrClN2/c16-13-7-6-12(15(17)10-13)9-14(19-18)8-11-4-2-1-3-5-11/h1-7,10,14,19H,8-9,18H2. The van der Waals surface area contributed by atoms with Crippen LogP contribution < -0.4 is 11.3 Å². The van der Waals surface area contributed by atoms with Crippen molar-refractivity contribution in [3.8, 4) is 0 Å². The molecule has 0 radical (unpaired) electrons. The highest BCUT2D eigenvalue weighted by atomic mass is 79.9. The van der Waals surface area contributed by atoms with Gasteiger partial charge in [-0.2, -0.15) is 0 Å². The monoisotopic (exact) mass is 338 g/mol. The molecule has 0 aliphatic carbocycles. The molecule has 2 rings (SSSR count). The van der Waals surface area contributed by atoms with Gasteiger partial charge in [0.05, 0.1) is 0 Å². The molecule has 4 heteroatoms. The molecule has 0 bridgehead atoms. The summed E-state index contributed by atoms with van der Waals surface area (Å²) in [6.07, 6.45) is 1.68. The summed E-state index contributed by atoms with van der Waals surface area (Å²) >= 11 is 9.64. The fraction of sp³-hybridized carbons (Fsp3) is 0.200. The Morgan fingerprint density at radius 1 is 1.11 bits per heavy atom. The molecule has 2 aromatic rings. The Kier molecular flexibility index (Phi) is 5.40. The molecule has 0 aromatic heterocycles. The van der Waals surface area contributed by atoms with Crippen LogP contribution in [0.3, 0.4) is 0 Å². The average molecular weight is 340 g/mol. The summed E-state index contributed by atoms with van der Waals surface area (Å²) < 4.78 is 0.988. The highest BCUT2D eigenvalue weighted by molar-refractivity contribution is 9.10. The van der Waals surface area contributed by atoms with E-state index in [0.717, 1.165) is 27.9 Å². The van der Waals surface area contributed by atoms with Crippen molar-refractivity contribution in [1.29, 1.82) is 0 Å². The van der Waals surface area contributed by atoms with Crippen LogP contribution in [0, 0.1) is 0 Å². The number of nitrogens with two attached hydrogens (primary N) is 1. The predicted octanol–water partition coefficient (Wildman–Crippen LogP) is 3.72. The molecule has 0 amide bonds. The van der Waals surface area contributed by atoms with E-state index in [2.05, 4.69) is 33.5 Å². The average Bonchev–Trinajstić information content (AvgIpc) is 2.42. The molecule has 0 heterocycles. The first kappa shape index (κ1) is 14.5. The van der Waals surface area contributed by atoms with E-state index in [9.17, 15) is 0 Å². The SMILES string of the molecule is NNC(Cc1ccccc1)Cc1ccc(Br)cc1Cl. The Balaban J connectivity index is 2.06. The van der Waals surface area contributed by atoms with E-state index < -0.39 is 0 Å². The number of benzene rings is 2. The first-order chi connectivity index (χ1) is 9.19. The second kappa shape index (κ2) is 7.06. The van der Waals surface area contributed by atoms with Crippen molar-refractivity contribution in [2.45, 2.75) is 18.9 Å². The van der Waals surface area contributed by atoms with Crippen molar-refractivity contribution in [1.82, 2.24) is 5.43 Å². The Labute approximate surface area is 127 Å². The summed E-state index contributed by atoms with van der Waals surface area (Å²) in [5, 5.41) is 0.766. The van der Waals surface area contributed by atoms with Crippen LogP contribution in [0.4, 0.5) is 0 Å². The van der Waals surface area contributed by atoms with E-state index in [1.54, 1.807) is 0 Å². The Hall–Kier alpha value is -0.870. The molecular weight excluding hydrogens is 324 g/mol. The number of hydrogen-bond acceptors (Lipinski definition) is 2. The maximum atomic E-state index is 6.23. The van der Waals surface area contributed by atoms with Crippen LogP contribution in [-0.4, -0.2) is 6.04 Å². The first-order valence-corrected chi connectivity index (χ1v) is 7.30. The number of nitrogens with one attached hydrogen (secondary N) is 1. The van der Waals surface area contributed by atoms with E-state index in [0.29, 0.717) is 0 Å². The van der Waals surface area contributed by atoms with Gasteiger partial charge >= 0.3 is 0 Å². The number of hydrazine groups is 1. The van der Waals surface area contributed by atoms with Crippen LogP contribution in [0.1, 0.15) is 11.1 Å². The van der Waals surface area contributed by atoms with Gasteiger partial charge in [-0.05, 0) is 36.1 Å². The quantitative estimate of drug-likeness (QED) is 0.643. The fourth-order valence-corrected chi connectivity index (χ4v) is 2.79. The van der Waals surface area contributed by atoms with E-state index in [1.165, 1.54) is 5.56 Å². The maximum Gasteiger partial charge on any atom is 0.0449 e. The molecule has 0 spiro atoms. The van der Waals surface area contributed by atoms with Gasteiger partial charge in [0.1, 0.15) is 0 Å². The minimum Gasteiger partial charge on any atom is -0.271 e. The van der Waals surface area contributed by atoms with Crippen molar-refractivity contribution >= 4 is 27.5 Å². The van der Waals surface area contributed by atoms with Gasteiger partial charge in [-0.3, -0.25) is 11.3 Å². The van der Waals surface area contributed by atoms with E-state index >= 15 is 0 Å². The zero-order valence-corrected chi connectivity index (χ0v) is 12.8. The minimum absolute atomic E-state index is 0.168. The molecule has 0 aliphatic rings. The lowest BCUT2D eigenvalue weighted by Gasteiger charge is -2.17. The molecule has 0 saturated carbocycles. The lowest BCUT2D eigenvalue weighted by molar-refractivity contribution is 0.522. The van der Waals surface area contributed by atoms with E-state index in [1.807, 2.05) is 36.4 Å². The molecule has 0 fully saturated rings. The summed E-state index contributed by atoms with van der Waals surface area (Å²) in [5.41, 5.74) is 5.23. The zero-order chi connectivity index (χ0) is 13.7. The molecule has 19 heavy (non-hydrogen) atoms. The summed E-state index contributed by atoms with van der Waals surface area (Å²) in [6.45, 7) is 0.